The second-order valence-corrected chi connectivity index (χ2v) is 4.38. The van der Waals surface area contributed by atoms with Crippen LogP contribution in [-0.4, -0.2) is 31.3 Å². The maximum absolute atomic E-state index is 11.6. The zero-order valence-corrected chi connectivity index (χ0v) is 10.4. The van der Waals surface area contributed by atoms with Gasteiger partial charge in [-0.05, 0) is 19.1 Å². The van der Waals surface area contributed by atoms with Gasteiger partial charge in [0.25, 0.3) is 0 Å². The van der Waals surface area contributed by atoms with Gasteiger partial charge in [0, 0.05) is 6.42 Å². The maximum Gasteiger partial charge on any atom is 0.241 e. The Morgan fingerprint density at radius 3 is 3.00 bits per heavy atom. The number of anilines is 1. The van der Waals surface area contributed by atoms with Gasteiger partial charge in [-0.2, -0.15) is 0 Å². The first-order valence-electron chi connectivity index (χ1n) is 6.06. The van der Waals surface area contributed by atoms with E-state index in [0.29, 0.717) is 18.0 Å². The first-order chi connectivity index (χ1) is 8.66. The molecule has 3 N–H and O–H groups in total. The van der Waals surface area contributed by atoms with Crippen LogP contribution >= 0.6 is 0 Å². The summed E-state index contributed by atoms with van der Waals surface area (Å²) < 4.78 is 11.1. The van der Waals surface area contributed by atoms with Gasteiger partial charge in [-0.15, -0.1) is 0 Å². The number of carbonyl (C=O) groups is 1. The summed E-state index contributed by atoms with van der Waals surface area (Å²) in [6.45, 7) is 2.96. The average Bonchev–Trinajstić information content (AvgIpc) is 2.84. The number of ether oxygens (including phenoxy) is 2. The molecule has 2 rings (SSSR count). The summed E-state index contributed by atoms with van der Waals surface area (Å²) in [5.74, 6) is 0.427. The molecule has 1 aliphatic rings. The number of para-hydroxylation sites is 2. The third-order valence-corrected chi connectivity index (χ3v) is 2.74. The normalized spacial score (nSPS) is 20.4. The van der Waals surface area contributed by atoms with E-state index in [1.54, 1.807) is 13.0 Å². The van der Waals surface area contributed by atoms with Gasteiger partial charge in [0.05, 0.1) is 24.9 Å². The highest BCUT2D eigenvalue weighted by Crippen LogP contribution is 2.26. The molecule has 1 amide bonds. The standard InChI is InChI=1S/C13H18N2O3/c1-9(14)13(16)15-11-4-2-3-5-12(11)18-10-6-7-17-8-10/h2-5,9-10H,6-8,14H2,1H3,(H,15,16)/t9-,10?/m0/s1. The molecule has 18 heavy (non-hydrogen) atoms. The molecular formula is C13H18N2O3. The molecule has 0 aromatic heterocycles. The van der Waals surface area contributed by atoms with Crippen LogP contribution in [0.3, 0.4) is 0 Å². The molecular weight excluding hydrogens is 232 g/mol. The Morgan fingerprint density at radius 1 is 1.56 bits per heavy atom. The van der Waals surface area contributed by atoms with Gasteiger partial charge in [-0.25, -0.2) is 0 Å². The van der Waals surface area contributed by atoms with Crippen LogP contribution < -0.4 is 15.8 Å². The minimum Gasteiger partial charge on any atom is -0.486 e. The summed E-state index contributed by atoms with van der Waals surface area (Å²) in [5, 5.41) is 2.75. The van der Waals surface area contributed by atoms with Crippen LogP contribution in [0.15, 0.2) is 24.3 Å². The van der Waals surface area contributed by atoms with Crippen molar-refractivity contribution in [3.8, 4) is 5.75 Å². The largest absolute Gasteiger partial charge is 0.486 e. The highest BCUT2D eigenvalue weighted by molar-refractivity contribution is 5.95. The molecule has 1 fully saturated rings. The van der Waals surface area contributed by atoms with Crippen LogP contribution in [0.5, 0.6) is 5.75 Å². The number of benzene rings is 1. The Bertz CT molecular complexity index is 414. The van der Waals surface area contributed by atoms with E-state index in [2.05, 4.69) is 5.32 Å². The number of hydrogen-bond donors (Lipinski definition) is 2. The summed E-state index contributed by atoms with van der Waals surface area (Å²) in [6, 6.07) is 6.79. The van der Waals surface area contributed by atoms with Gasteiger partial charge in [0.2, 0.25) is 5.91 Å². The van der Waals surface area contributed by atoms with Crippen LogP contribution in [0.4, 0.5) is 5.69 Å². The molecule has 0 spiro atoms. The fraction of sp³-hybridized carbons (Fsp3) is 0.462. The second kappa shape index (κ2) is 5.84. The van der Waals surface area contributed by atoms with Crippen LogP contribution in [-0.2, 0) is 9.53 Å². The van der Waals surface area contributed by atoms with Crippen molar-refractivity contribution in [2.45, 2.75) is 25.5 Å². The summed E-state index contributed by atoms with van der Waals surface area (Å²) in [4.78, 5) is 11.6. The molecule has 1 aromatic rings. The highest BCUT2D eigenvalue weighted by atomic mass is 16.5. The molecule has 1 unspecified atom stereocenters. The van der Waals surface area contributed by atoms with Gasteiger partial charge < -0.3 is 20.5 Å². The van der Waals surface area contributed by atoms with Crippen LogP contribution in [0, 0.1) is 0 Å². The topological polar surface area (TPSA) is 73.6 Å². The minimum absolute atomic E-state index is 0.0540. The molecule has 0 aliphatic carbocycles. The Morgan fingerprint density at radius 2 is 2.33 bits per heavy atom. The number of amides is 1. The number of hydrogen-bond acceptors (Lipinski definition) is 4. The van der Waals surface area contributed by atoms with E-state index in [1.807, 2.05) is 18.2 Å². The lowest BCUT2D eigenvalue weighted by molar-refractivity contribution is -0.117. The third-order valence-electron chi connectivity index (χ3n) is 2.74. The minimum atomic E-state index is -0.548. The Balaban J connectivity index is 2.07. The van der Waals surface area contributed by atoms with Crippen molar-refractivity contribution in [1.29, 1.82) is 0 Å². The van der Waals surface area contributed by atoms with Crippen LogP contribution in [0.2, 0.25) is 0 Å². The van der Waals surface area contributed by atoms with Crippen molar-refractivity contribution in [2.24, 2.45) is 5.73 Å². The van der Waals surface area contributed by atoms with Gasteiger partial charge in [0.1, 0.15) is 11.9 Å². The molecule has 0 bridgehead atoms. The fourth-order valence-electron chi connectivity index (χ4n) is 1.70. The Labute approximate surface area is 106 Å². The smallest absolute Gasteiger partial charge is 0.241 e. The van der Waals surface area contributed by atoms with Crippen molar-refractivity contribution in [2.75, 3.05) is 18.5 Å². The molecule has 98 valence electrons. The molecule has 0 saturated carbocycles. The summed E-state index contributed by atoms with van der Waals surface area (Å²) in [5.41, 5.74) is 6.17. The maximum atomic E-state index is 11.6. The van der Waals surface area contributed by atoms with Crippen LogP contribution in [0.1, 0.15) is 13.3 Å². The van der Waals surface area contributed by atoms with E-state index in [4.69, 9.17) is 15.2 Å². The zero-order chi connectivity index (χ0) is 13.0. The number of nitrogens with two attached hydrogens (primary N) is 1. The Kier molecular flexibility index (Phi) is 4.17. The molecule has 5 heteroatoms. The lowest BCUT2D eigenvalue weighted by Crippen LogP contribution is -2.32. The first-order valence-corrected chi connectivity index (χ1v) is 6.06. The lowest BCUT2D eigenvalue weighted by atomic mass is 10.2. The van der Waals surface area contributed by atoms with Crippen molar-refractivity contribution < 1.29 is 14.3 Å². The summed E-state index contributed by atoms with van der Waals surface area (Å²) in [6.07, 6.45) is 0.925. The van der Waals surface area contributed by atoms with Crippen molar-refractivity contribution in [1.82, 2.24) is 0 Å². The van der Waals surface area contributed by atoms with Crippen molar-refractivity contribution >= 4 is 11.6 Å². The third kappa shape index (κ3) is 3.21. The molecule has 1 saturated heterocycles. The van der Waals surface area contributed by atoms with Crippen LogP contribution in [0.25, 0.3) is 0 Å². The number of rotatable bonds is 4. The predicted molar refractivity (Wildman–Crippen MR) is 68.6 cm³/mol. The van der Waals surface area contributed by atoms with E-state index in [-0.39, 0.29) is 12.0 Å². The molecule has 1 heterocycles. The summed E-state index contributed by atoms with van der Waals surface area (Å²) >= 11 is 0. The fourth-order valence-corrected chi connectivity index (χ4v) is 1.70. The van der Waals surface area contributed by atoms with E-state index >= 15 is 0 Å². The van der Waals surface area contributed by atoms with E-state index in [9.17, 15) is 4.79 Å². The van der Waals surface area contributed by atoms with E-state index < -0.39 is 6.04 Å². The number of carbonyl (C=O) groups excluding carboxylic acids is 1. The molecule has 5 nitrogen and oxygen atoms in total. The van der Waals surface area contributed by atoms with Crippen molar-refractivity contribution in [3.05, 3.63) is 24.3 Å². The predicted octanol–water partition coefficient (Wildman–Crippen LogP) is 1.14. The molecule has 2 atom stereocenters. The van der Waals surface area contributed by atoms with Gasteiger partial charge >= 0.3 is 0 Å². The molecule has 1 aromatic carbocycles. The summed E-state index contributed by atoms with van der Waals surface area (Å²) in [7, 11) is 0. The van der Waals surface area contributed by atoms with Gasteiger partial charge in [-0.1, -0.05) is 12.1 Å². The number of nitrogens with one attached hydrogen (secondary N) is 1. The molecule has 1 aliphatic heterocycles. The van der Waals surface area contributed by atoms with E-state index in [1.165, 1.54) is 0 Å². The SMILES string of the molecule is C[C@H](N)C(=O)Nc1ccccc1OC1CCOC1. The quantitative estimate of drug-likeness (QED) is 0.840. The van der Waals surface area contributed by atoms with Gasteiger partial charge in [-0.3, -0.25) is 4.79 Å². The highest BCUT2D eigenvalue weighted by Gasteiger charge is 2.19. The lowest BCUT2D eigenvalue weighted by Gasteiger charge is -2.16. The molecule has 0 radical (unpaired) electrons. The Hall–Kier alpha value is -1.59. The first kappa shape index (κ1) is 12.9. The average molecular weight is 250 g/mol. The van der Waals surface area contributed by atoms with Gasteiger partial charge in [0.15, 0.2) is 0 Å². The zero-order valence-electron chi connectivity index (χ0n) is 10.4. The monoisotopic (exact) mass is 250 g/mol. The second-order valence-electron chi connectivity index (χ2n) is 4.38. The van der Waals surface area contributed by atoms with E-state index in [0.717, 1.165) is 13.0 Å². The van der Waals surface area contributed by atoms with Crippen molar-refractivity contribution in [3.63, 3.8) is 0 Å².